The molecule has 3 amide bonds. The van der Waals surface area contributed by atoms with Crippen LogP contribution in [0.5, 0.6) is 0 Å². The van der Waals surface area contributed by atoms with Crippen LogP contribution in [0.4, 0.5) is 10.5 Å². The number of likely N-dealkylation sites (tertiary alicyclic amines) is 1. The van der Waals surface area contributed by atoms with Crippen molar-refractivity contribution in [1.82, 2.24) is 10.2 Å². The predicted octanol–water partition coefficient (Wildman–Crippen LogP) is 1.77. The molecule has 5 nitrogen and oxygen atoms in total. The molecule has 0 atom stereocenters. The molecule has 0 bridgehead atoms. The zero-order chi connectivity index (χ0) is 14.8. The van der Waals surface area contributed by atoms with Gasteiger partial charge in [0.15, 0.2) is 0 Å². The topological polar surface area (TPSA) is 52.7 Å². The summed E-state index contributed by atoms with van der Waals surface area (Å²) in [4.78, 5) is 27.9. The van der Waals surface area contributed by atoms with E-state index in [1.807, 2.05) is 41.0 Å². The quantitative estimate of drug-likeness (QED) is 0.901. The van der Waals surface area contributed by atoms with E-state index in [9.17, 15) is 9.59 Å². The molecule has 0 saturated carbocycles. The Morgan fingerprint density at radius 2 is 2.00 bits per heavy atom. The number of hydrogen-bond acceptors (Lipinski definition) is 2. The normalized spacial score (nSPS) is 18.8. The fourth-order valence-corrected chi connectivity index (χ4v) is 3.27. The lowest BCUT2D eigenvalue weighted by molar-refractivity contribution is -0.118. The lowest BCUT2D eigenvalue weighted by Crippen LogP contribution is -2.50. The second-order valence-corrected chi connectivity index (χ2v) is 5.62. The number of urea groups is 1. The average Bonchev–Trinajstić information content (AvgIpc) is 2.83. The zero-order valence-corrected chi connectivity index (χ0v) is 12.3. The largest absolute Gasteiger partial charge is 0.338 e. The number of para-hydroxylation sites is 1. The van der Waals surface area contributed by atoms with Gasteiger partial charge >= 0.3 is 6.03 Å². The highest BCUT2D eigenvalue weighted by molar-refractivity contribution is 6.01. The van der Waals surface area contributed by atoms with E-state index in [2.05, 4.69) is 5.32 Å². The van der Waals surface area contributed by atoms with Crippen LogP contribution in [0.15, 0.2) is 24.3 Å². The van der Waals surface area contributed by atoms with Gasteiger partial charge in [0.25, 0.3) is 0 Å². The number of benzene rings is 1. The number of fused-ring (bicyclic) bond motifs is 1. The van der Waals surface area contributed by atoms with E-state index < -0.39 is 0 Å². The smallest absolute Gasteiger partial charge is 0.317 e. The number of rotatable bonds is 2. The molecule has 0 spiro atoms. The lowest BCUT2D eigenvalue weighted by Gasteiger charge is -2.36. The van der Waals surface area contributed by atoms with Crippen LogP contribution in [-0.2, 0) is 11.2 Å². The Morgan fingerprint density at radius 3 is 2.71 bits per heavy atom. The standard InChI is InChI=1S/C16H21N3O2/c1-2-17-16(21)18-9-7-13(8-10-18)19-14-6-4-3-5-12(14)11-15(19)20/h3-6,13H,2,7-11H2,1H3,(H,17,21). The summed E-state index contributed by atoms with van der Waals surface area (Å²) in [6.45, 7) is 3.99. The van der Waals surface area contributed by atoms with Gasteiger partial charge < -0.3 is 15.1 Å². The zero-order valence-electron chi connectivity index (χ0n) is 12.3. The molecule has 2 heterocycles. The summed E-state index contributed by atoms with van der Waals surface area (Å²) in [6.07, 6.45) is 2.20. The summed E-state index contributed by atoms with van der Waals surface area (Å²) in [5.41, 5.74) is 2.17. The van der Waals surface area contributed by atoms with E-state index in [4.69, 9.17) is 0 Å². The van der Waals surface area contributed by atoms with Crippen molar-refractivity contribution in [1.29, 1.82) is 0 Å². The summed E-state index contributed by atoms with van der Waals surface area (Å²) in [6, 6.07) is 8.23. The molecule has 1 aromatic carbocycles. The summed E-state index contributed by atoms with van der Waals surface area (Å²) in [5, 5.41) is 2.83. The lowest BCUT2D eigenvalue weighted by atomic mass is 10.0. The van der Waals surface area contributed by atoms with Gasteiger partial charge in [-0.3, -0.25) is 4.79 Å². The first-order valence-electron chi connectivity index (χ1n) is 7.63. The first kappa shape index (κ1) is 13.9. The minimum Gasteiger partial charge on any atom is -0.338 e. The van der Waals surface area contributed by atoms with Crippen molar-refractivity contribution in [3.8, 4) is 0 Å². The van der Waals surface area contributed by atoms with Crippen molar-refractivity contribution in [2.24, 2.45) is 0 Å². The maximum atomic E-state index is 12.3. The number of nitrogens with one attached hydrogen (secondary N) is 1. The number of anilines is 1. The third kappa shape index (κ3) is 2.60. The molecule has 3 rings (SSSR count). The fraction of sp³-hybridized carbons (Fsp3) is 0.500. The highest BCUT2D eigenvalue weighted by Crippen LogP contribution is 2.33. The second kappa shape index (κ2) is 5.76. The Balaban J connectivity index is 1.67. The van der Waals surface area contributed by atoms with Gasteiger partial charge in [-0.1, -0.05) is 18.2 Å². The average molecular weight is 287 g/mol. The Bertz CT molecular complexity index is 550. The first-order valence-corrected chi connectivity index (χ1v) is 7.63. The van der Waals surface area contributed by atoms with Crippen molar-refractivity contribution >= 4 is 17.6 Å². The SMILES string of the molecule is CCNC(=O)N1CCC(N2C(=O)Cc3ccccc32)CC1. The van der Waals surface area contributed by atoms with E-state index in [0.717, 1.165) is 24.1 Å². The summed E-state index contributed by atoms with van der Waals surface area (Å²) in [5.74, 6) is 0.188. The van der Waals surface area contributed by atoms with E-state index >= 15 is 0 Å². The molecule has 2 aliphatic rings. The third-order valence-corrected chi connectivity index (χ3v) is 4.31. The van der Waals surface area contributed by atoms with Gasteiger partial charge in [0.1, 0.15) is 0 Å². The molecule has 0 radical (unpaired) electrons. The summed E-state index contributed by atoms with van der Waals surface area (Å²) < 4.78 is 0. The highest BCUT2D eigenvalue weighted by atomic mass is 16.2. The molecule has 1 fully saturated rings. The van der Waals surface area contributed by atoms with Crippen LogP contribution < -0.4 is 10.2 Å². The van der Waals surface area contributed by atoms with Crippen molar-refractivity contribution in [2.45, 2.75) is 32.2 Å². The molecule has 2 aliphatic heterocycles. The first-order chi connectivity index (χ1) is 10.2. The number of nitrogens with zero attached hydrogens (tertiary/aromatic N) is 2. The van der Waals surface area contributed by atoms with E-state index in [1.165, 1.54) is 0 Å². The second-order valence-electron chi connectivity index (χ2n) is 5.62. The van der Waals surface area contributed by atoms with Crippen LogP contribution in [0, 0.1) is 0 Å². The number of piperidine rings is 1. The van der Waals surface area contributed by atoms with Gasteiger partial charge in [-0.15, -0.1) is 0 Å². The van der Waals surface area contributed by atoms with Crippen LogP contribution >= 0.6 is 0 Å². The van der Waals surface area contributed by atoms with Crippen molar-refractivity contribution in [3.05, 3.63) is 29.8 Å². The molecule has 5 heteroatoms. The number of carbonyl (C=O) groups excluding carboxylic acids is 2. The molecular weight excluding hydrogens is 266 g/mol. The van der Waals surface area contributed by atoms with Crippen molar-refractivity contribution in [2.75, 3.05) is 24.5 Å². The van der Waals surface area contributed by atoms with E-state index in [1.54, 1.807) is 0 Å². The highest BCUT2D eigenvalue weighted by Gasteiger charge is 2.35. The van der Waals surface area contributed by atoms with Gasteiger partial charge in [-0.25, -0.2) is 4.79 Å². The maximum absolute atomic E-state index is 12.3. The molecular formula is C16H21N3O2. The van der Waals surface area contributed by atoms with Crippen LogP contribution in [-0.4, -0.2) is 42.5 Å². The fourth-order valence-electron chi connectivity index (χ4n) is 3.27. The molecule has 0 unspecified atom stereocenters. The predicted molar refractivity (Wildman–Crippen MR) is 81.3 cm³/mol. The van der Waals surface area contributed by atoms with Crippen LogP contribution in [0.3, 0.4) is 0 Å². The minimum absolute atomic E-state index is 0.00380. The Kier molecular flexibility index (Phi) is 3.82. The van der Waals surface area contributed by atoms with Gasteiger partial charge in [-0.05, 0) is 31.4 Å². The molecule has 1 aromatic rings. The molecule has 112 valence electrons. The van der Waals surface area contributed by atoms with Crippen LogP contribution in [0.2, 0.25) is 0 Å². The number of hydrogen-bond donors (Lipinski definition) is 1. The summed E-state index contributed by atoms with van der Waals surface area (Å²) >= 11 is 0. The van der Waals surface area contributed by atoms with E-state index in [-0.39, 0.29) is 18.0 Å². The molecule has 1 N–H and O–H groups in total. The molecule has 21 heavy (non-hydrogen) atoms. The number of carbonyl (C=O) groups is 2. The maximum Gasteiger partial charge on any atom is 0.317 e. The monoisotopic (exact) mass is 287 g/mol. The van der Waals surface area contributed by atoms with Crippen LogP contribution in [0.1, 0.15) is 25.3 Å². The van der Waals surface area contributed by atoms with Gasteiger partial charge in [0.2, 0.25) is 5.91 Å². The Labute approximate surface area is 124 Å². The van der Waals surface area contributed by atoms with Gasteiger partial charge in [-0.2, -0.15) is 0 Å². The Hall–Kier alpha value is -2.04. The van der Waals surface area contributed by atoms with E-state index in [0.29, 0.717) is 26.1 Å². The molecule has 1 saturated heterocycles. The van der Waals surface area contributed by atoms with Crippen molar-refractivity contribution < 1.29 is 9.59 Å². The summed E-state index contributed by atoms with van der Waals surface area (Å²) in [7, 11) is 0. The van der Waals surface area contributed by atoms with Gasteiger partial charge in [0.05, 0.1) is 6.42 Å². The minimum atomic E-state index is 0.00380. The number of amides is 3. The van der Waals surface area contributed by atoms with Crippen LogP contribution in [0.25, 0.3) is 0 Å². The van der Waals surface area contributed by atoms with Crippen molar-refractivity contribution in [3.63, 3.8) is 0 Å². The molecule has 0 aliphatic carbocycles. The Morgan fingerprint density at radius 1 is 1.29 bits per heavy atom. The molecule has 0 aromatic heterocycles. The van der Waals surface area contributed by atoms with Gasteiger partial charge in [0, 0.05) is 31.4 Å². The third-order valence-electron chi connectivity index (χ3n) is 4.31.